The van der Waals surface area contributed by atoms with E-state index in [1.54, 1.807) is 0 Å². The topological polar surface area (TPSA) is 118 Å². The molecule has 0 N–H and O–H groups in total. The summed E-state index contributed by atoms with van der Waals surface area (Å²) in [5, 5.41) is -0.794. The van der Waals surface area contributed by atoms with Gasteiger partial charge in [-0.2, -0.15) is 0 Å². The number of hydrogen-bond donors (Lipinski definition) is 0. The Hall–Kier alpha value is -1.94. The van der Waals surface area contributed by atoms with Crippen molar-refractivity contribution in [2.75, 3.05) is 52.6 Å². The summed E-state index contributed by atoms with van der Waals surface area (Å²) in [6.45, 7) is 12.1. The van der Waals surface area contributed by atoms with E-state index >= 15 is 0 Å². The Morgan fingerprint density at radius 2 is 0.652 bits per heavy atom. The van der Waals surface area contributed by atoms with Crippen LogP contribution in [0.15, 0.2) is 12.1 Å². The van der Waals surface area contributed by atoms with Crippen molar-refractivity contribution in [3.8, 4) is 0 Å². The minimum Gasteiger partial charge on any atom is -0.479 e. The summed E-state index contributed by atoms with van der Waals surface area (Å²) in [6, 6.07) is 4.66. The molecule has 5 rings (SSSR count). The van der Waals surface area contributed by atoms with Crippen molar-refractivity contribution in [1.82, 2.24) is 19.6 Å². The third-order valence-electron chi connectivity index (χ3n) is 12.0. The summed E-state index contributed by atoms with van der Waals surface area (Å²) in [5.41, 5.74) is 4.62. The molecule has 4 fully saturated rings. The van der Waals surface area contributed by atoms with Crippen molar-refractivity contribution in [3.63, 3.8) is 0 Å². The number of benzene rings is 1. The second-order valence-electron chi connectivity index (χ2n) is 16.3. The van der Waals surface area contributed by atoms with Crippen LogP contribution >= 0.6 is 95.9 Å². The van der Waals surface area contributed by atoms with Crippen LogP contribution in [-0.4, -0.2) is 135 Å². The highest BCUT2D eigenvalue weighted by molar-refractivity contribution is 8.24. The zero-order chi connectivity index (χ0) is 47.6. The van der Waals surface area contributed by atoms with Gasteiger partial charge in [-0.3, -0.25) is 19.2 Å². The van der Waals surface area contributed by atoms with Crippen LogP contribution in [0.4, 0.5) is 0 Å². The first kappa shape index (κ1) is 55.0. The second-order valence-corrected chi connectivity index (χ2v) is 23.4. The van der Waals surface area contributed by atoms with Crippen LogP contribution in [0, 0.1) is 0 Å². The fourth-order valence-corrected chi connectivity index (χ4v) is 14.7. The largest absolute Gasteiger partial charge is 0.479 e. The van der Waals surface area contributed by atoms with Crippen molar-refractivity contribution in [2.24, 2.45) is 0 Å². The molecule has 4 heterocycles. The van der Waals surface area contributed by atoms with E-state index in [4.69, 9.17) is 67.8 Å². The van der Waals surface area contributed by atoms with Crippen molar-refractivity contribution in [3.05, 3.63) is 34.4 Å². The number of thioether (sulfide) groups is 4. The molecule has 4 amide bonds. The van der Waals surface area contributed by atoms with E-state index in [9.17, 15) is 19.2 Å². The molecule has 66 heavy (non-hydrogen) atoms. The fourth-order valence-electron chi connectivity index (χ4n) is 8.90. The number of aryl methyl sites for hydroxylation is 4. The summed E-state index contributed by atoms with van der Waals surface area (Å²) in [7, 11) is 0. The first-order valence-electron chi connectivity index (χ1n) is 23.5. The van der Waals surface area contributed by atoms with E-state index in [0.717, 1.165) is 47.9 Å². The van der Waals surface area contributed by atoms with Gasteiger partial charge in [0.1, 0.15) is 0 Å². The lowest BCUT2D eigenvalue weighted by molar-refractivity contribution is -0.129. The van der Waals surface area contributed by atoms with E-state index < -0.39 is 0 Å². The van der Waals surface area contributed by atoms with Crippen LogP contribution < -0.4 is 0 Å². The zero-order valence-corrected chi connectivity index (χ0v) is 45.3. The van der Waals surface area contributed by atoms with Crippen molar-refractivity contribution in [2.45, 2.75) is 152 Å². The molecule has 0 bridgehead atoms. The number of amides is 4. The lowest BCUT2D eigenvalue weighted by Crippen LogP contribution is -2.36. The number of carbonyl (C=O) groups excluding carboxylic acids is 4. The quantitative estimate of drug-likeness (QED) is 0.0915. The van der Waals surface area contributed by atoms with Crippen LogP contribution in [0.25, 0.3) is 0 Å². The SMILES string of the molecule is CCOC(=S)SC(CCc1cc(CCC(SC(=S)OCC)N2CCCC2=O)c(CCC(SC(=S)OCC)N2CCCC2=O)cc1CCC(SC(=S)OCC)N1CCCC1=O)N1CCCC1=O. The first-order valence-corrected chi connectivity index (χ1v) is 28.7. The van der Waals surface area contributed by atoms with Gasteiger partial charge in [0.25, 0.3) is 0 Å². The van der Waals surface area contributed by atoms with Crippen molar-refractivity contribution in [1.29, 1.82) is 0 Å². The van der Waals surface area contributed by atoms with Crippen molar-refractivity contribution < 1.29 is 38.1 Å². The summed E-state index contributed by atoms with van der Waals surface area (Å²) in [4.78, 5) is 60.7. The van der Waals surface area contributed by atoms with Crippen LogP contribution in [0.3, 0.4) is 0 Å². The van der Waals surface area contributed by atoms with Gasteiger partial charge < -0.3 is 38.5 Å². The number of rotatable bonds is 24. The Bertz CT molecular complexity index is 1630. The maximum Gasteiger partial charge on any atom is 0.223 e. The van der Waals surface area contributed by atoms with Gasteiger partial charge >= 0.3 is 0 Å². The van der Waals surface area contributed by atoms with E-state index in [-0.39, 0.29) is 45.1 Å². The van der Waals surface area contributed by atoms with Gasteiger partial charge in [0.05, 0.1) is 47.9 Å². The molecule has 20 heteroatoms. The average molecular weight is 1060 g/mol. The predicted octanol–water partition coefficient (Wildman–Crippen LogP) is 9.43. The van der Waals surface area contributed by atoms with E-state index in [2.05, 4.69) is 12.1 Å². The first-order chi connectivity index (χ1) is 31.8. The molecule has 0 aliphatic carbocycles. The molecular formula is C46H66N4O8S8. The van der Waals surface area contributed by atoms with Gasteiger partial charge in [0, 0.05) is 51.9 Å². The molecule has 0 aromatic heterocycles. The van der Waals surface area contributed by atoms with Crippen LogP contribution in [0.5, 0.6) is 0 Å². The average Bonchev–Trinajstić information content (AvgIpc) is 4.11. The van der Waals surface area contributed by atoms with E-state index in [1.807, 2.05) is 47.3 Å². The highest BCUT2D eigenvalue weighted by Crippen LogP contribution is 2.35. The van der Waals surface area contributed by atoms with Gasteiger partial charge in [-0.1, -0.05) is 59.2 Å². The number of nitrogens with zero attached hydrogens (tertiary/aromatic N) is 4. The van der Waals surface area contributed by atoms with Gasteiger partial charge in [0.2, 0.25) is 41.2 Å². The molecule has 1 aromatic rings. The monoisotopic (exact) mass is 1060 g/mol. The number of likely N-dealkylation sites (tertiary alicyclic amines) is 4. The van der Waals surface area contributed by atoms with E-state index in [0.29, 0.717) is 147 Å². The zero-order valence-electron chi connectivity index (χ0n) is 38.8. The Balaban J connectivity index is 1.56. The molecule has 4 aliphatic heterocycles. The van der Waals surface area contributed by atoms with Gasteiger partial charge in [-0.15, -0.1) is 0 Å². The maximum absolute atomic E-state index is 13.2. The summed E-state index contributed by atoms with van der Waals surface area (Å²) in [5.74, 6) is 0.504. The summed E-state index contributed by atoms with van der Waals surface area (Å²) < 4.78 is 24.6. The number of ether oxygens (including phenoxy) is 4. The lowest BCUT2D eigenvalue weighted by atomic mass is 9.89. The summed E-state index contributed by atoms with van der Waals surface area (Å²) >= 11 is 28.3. The smallest absolute Gasteiger partial charge is 0.223 e. The molecule has 0 radical (unpaired) electrons. The van der Waals surface area contributed by atoms with Gasteiger partial charge in [0.15, 0.2) is 0 Å². The molecular weight excluding hydrogens is 993 g/mol. The van der Waals surface area contributed by atoms with Crippen LogP contribution in [-0.2, 0) is 63.8 Å². The summed E-state index contributed by atoms with van der Waals surface area (Å²) in [6.07, 6.45) is 10.6. The molecule has 1 aromatic carbocycles. The molecule has 4 aliphatic rings. The molecule has 0 saturated carbocycles. The molecule has 0 spiro atoms. The number of thiocarbonyl (C=S) groups is 4. The van der Waals surface area contributed by atoms with Crippen molar-refractivity contribution >= 4 is 137 Å². The van der Waals surface area contributed by atoms with Gasteiger partial charge in [-0.05, 0) is 176 Å². The van der Waals surface area contributed by atoms with Crippen LogP contribution in [0.1, 0.15) is 127 Å². The Morgan fingerprint density at radius 3 is 0.818 bits per heavy atom. The lowest BCUT2D eigenvalue weighted by Gasteiger charge is -2.30. The predicted molar refractivity (Wildman–Crippen MR) is 286 cm³/mol. The van der Waals surface area contributed by atoms with Gasteiger partial charge in [-0.25, -0.2) is 0 Å². The number of hydrogen-bond acceptors (Lipinski definition) is 16. The molecule has 4 atom stereocenters. The minimum atomic E-state index is -0.199. The standard InChI is InChI=1S/C46H66N4O8S8/c1-5-55-43(59)63-39(47-25-9-13-35(47)51)21-17-31-29-33(19-23-41(65-45(61)57-7-3)49-27-11-15-37(49)53)34(20-24-42(66-46(62)58-8-4)50-28-12-16-38(50)54)30-32(31)18-22-40(64-44(60)56-6-2)48-26-10-14-36(48)52/h29-30,39-42H,5-28H2,1-4H3. The molecule has 4 unspecified atom stereocenters. The highest BCUT2D eigenvalue weighted by atomic mass is 32.2. The molecule has 12 nitrogen and oxygen atoms in total. The Kier molecular flexibility index (Phi) is 23.9. The Labute approximate surface area is 430 Å². The third kappa shape index (κ3) is 16.6. The van der Waals surface area contributed by atoms with Crippen LogP contribution in [0.2, 0.25) is 0 Å². The second kappa shape index (κ2) is 28.7. The van der Waals surface area contributed by atoms with E-state index in [1.165, 1.54) is 47.0 Å². The minimum absolute atomic E-state index is 0.126. The normalized spacial score (nSPS) is 18.2. The highest BCUT2D eigenvalue weighted by Gasteiger charge is 2.34. The molecule has 4 saturated heterocycles. The molecule has 366 valence electrons. The maximum atomic E-state index is 13.2. The third-order valence-corrected chi connectivity index (χ3v) is 17.9. The number of carbonyl (C=O) groups is 4. The fraction of sp³-hybridized carbons (Fsp3) is 0.696. The Morgan fingerprint density at radius 1 is 0.439 bits per heavy atom.